The summed E-state index contributed by atoms with van der Waals surface area (Å²) in [5.74, 6) is -0.168. The lowest BCUT2D eigenvalue weighted by Crippen LogP contribution is -2.15. The second kappa shape index (κ2) is 21.3. The van der Waals surface area contributed by atoms with Gasteiger partial charge in [0.05, 0.1) is 39.2 Å². The Balaban J connectivity index is 1.36. The van der Waals surface area contributed by atoms with Gasteiger partial charge < -0.3 is 28.4 Å². The van der Waals surface area contributed by atoms with Crippen LogP contribution in [0.3, 0.4) is 0 Å². The van der Waals surface area contributed by atoms with Crippen LogP contribution >= 0.6 is 47.0 Å². The zero-order valence-corrected chi connectivity index (χ0v) is 53.1. The highest BCUT2D eigenvalue weighted by molar-refractivity contribution is 8.01. The molecular formula is C64H70N2O8S6. The molecule has 0 aliphatic carbocycles. The van der Waals surface area contributed by atoms with Gasteiger partial charge in [0.25, 0.3) is 0 Å². The van der Waals surface area contributed by atoms with E-state index in [2.05, 4.69) is 83.1 Å². The fraction of sp³-hybridized carbons (Fsp3) is 0.312. The number of rotatable bonds is 8. The minimum Gasteiger partial charge on any atom is -0.506 e. The van der Waals surface area contributed by atoms with Crippen LogP contribution in [0.2, 0.25) is 0 Å². The lowest BCUT2D eigenvalue weighted by atomic mass is 9.87. The van der Waals surface area contributed by atoms with E-state index in [-0.39, 0.29) is 32.8 Å². The Bertz CT molecular complexity index is 3660. The molecular weight excluding hydrogens is 1120 g/mol. The second-order valence-corrected chi connectivity index (χ2v) is 32.1. The van der Waals surface area contributed by atoms with Gasteiger partial charge in [-0.1, -0.05) is 179 Å². The minimum atomic E-state index is -4.61. The molecule has 1 heterocycles. The molecule has 0 saturated heterocycles. The number of fused-ring (bicyclic) bond motifs is 10. The highest BCUT2D eigenvalue weighted by Crippen LogP contribution is 2.57. The summed E-state index contributed by atoms with van der Waals surface area (Å²) in [7, 11) is -1.59. The first-order valence-electron chi connectivity index (χ1n) is 26.2. The fourth-order valence-corrected chi connectivity index (χ4v) is 16.4. The average Bonchev–Trinajstić information content (AvgIpc) is 3.55. The van der Waals surface area contributed by atoms with Crippen molar-refractivity contribution in [3.8, 4) is 23.0 Å². The van der Waals surface area contributed by atoms with Crippen LogP contribution in [-0.4, -0.2) is 55.2 Å². The first kappa shape index (κ1) is 59.0. The van der Waals surface area contributed by atoms with Crippen LogP contribution in [0.15, 0.2) is 170 Å². The molecule has 80 heavy (non-hydrogen) atoms. The summed E-state index contributed by atoms with van der Waals surface area (Å²) in [4.78, 5) is 7.07. The summed E-state index contributed by atoms with van der Waals surface area (Å²) in [6.45, 7) is 24.9. The number of aromatic hydroxyl groups is 2. The van der Waals surface area contributed by atoms with Gasteiger partial charge in [0.15, 0.2) is 11.5 Å². The Morgan fingerprint density at radius 1 is 0.362 bits per heavy atom. The van der Waals surface area contributed by atoms with Gasteiger partial charge in [-0.05, 0) is 117 Å². The van der Waals surface area contributed by atoms with E-state index in [0.717, 1.165) is 44.4 Å². The number of phenolic OH excluding ortho intramolecular Hbond substituents is 2. The van der Waals surface area contributed by atoms with Crippen LogP contribution in [-0.2, 0) is 41.9 Å². The third-order valence-corrected chi connectivity index (χ3v) is 20.9. The quantitative estimate of drug-likeness (QED) is 0.140. The van der Waals surface area contributed by atoms with E-state index in [9.17, 15) is 10.2 Å². The fourth-order valence-electron chi connectivity index (χ4n) is 9.36. The SMILES string of the molecule is CN(C)c1cccc2c(S(=O)(=O)Oc3c4cc(C(C)(C)C)cc3Sc3cc(C(C)(C)C)cc(c3O)Sc3cc(C(C)(C)C)cc(c3OS(=O)(=O)c3cccc5c(N(C)C)cccc35)Sc3cc(C(C)(C)C)cc(c3O)S4)cccc12. The Labute approximate surface area is 490 Å². The van der Waals surface area contributed by atoms with E-state index in [1.54, 1.807) is 36.4 Å². The van der Waals surface area contributed by atoms with E-state index < -0.39 is 41.9 Å². The van der Waals surface area contributed by atoms with Gasteiger partial charge in [0.2, 0.25) is 0 Å². The molecule has 1 aliphatic rings. The smallest absolute Gasteiger partial charge is 0.339 e. The topological polar surface area (TPSA) is 134 Å². The highest BCUT2D eigenvalue weighted by atomic mass is 32.2. The van der Waals surface area contributed by atoms with Crippen LogP contribution < -0.4 is 18.2 Å². The molecule has 16 heteroatoms. The summed E-state index contributed by atoms with van der Waals surface area (Å²) in [5.41, 5.74) is 3.19. The van der Waals surface area contributed by atoms with Crippen molar-refractivity contribution >= 4 is 100 Å². The van der Waals surface area contributed by atoms with Crippen molar-refractivity contribution in [2.45, 2.75) is 154 Å². The predicted octanol–water partition coefficient (Wildman–Crippen LogP) is 17.2. The van der Waals surface area contributed by atoms with Gasteiger partial charge in [-0.15, -0.1) is 0 Å². The molecule has 420 valence electrons. The van der Waals surface area contributed by atoms with Crippen LogP contribution in [0.4, 0.5) is 11.4 Å². The molecule has 9 rings (SSSR count). The molecule has 0 aromatic heterocycles. The largest absolute Gasteiger partial charge is 0.506 e. The van der Waals surface area contributed by atoms with Crippen LogP contribution in [0.25, 0.3) is 21.5 Å². The molecule has 8 bridgehead atoms. The van der Waals surface area contributed by atoms with E-state index in [0.29, 0.717) is 49.9 Å². The number of phenols is 2. The van der Waals surface area contributed by atoms with Gasteiger partial charge in [-0.2, -0.15) is 16.8 Å². The summed E-state index contributed by atoms with van der Waals surface area (Å²) < 4.78 is 74.1. The van der Waals surface area contributed by atoms with Gasteiger partial charge in [-0.3, -0.25) is 0 Å². The summed E-state index contributed by atoms with van der Waals surface area (Å²) >= 11 is 4.70. The number of benzene rings is 8. The van der Waals surface area contributed by atoms with Gasteiger partial charge in [0.1, 0.15) is 21.3 Å². The monoisotopic (exact) mass is 1190 g/mol. The van der Waals surface area contributed by atoms with Crippen molar-refractivity contribution < 1.29 is 35.4 Å². The van der Waals surface area contributed by atoms with E-state index in [4.69, 9.17) is 8.37 Å². The summed E-state index contributed by atoms with van der Waals surface area (Å²) in [6.07, 6.45) is 0. The van der Waals surface area contributed by atoms with Gasteiger partial charge in [-0.25, -0.2) is 0 Å². The summed E-state index contributed by atoms with van der Waals surface area (Å²) in [6, 6.07) is 36.7. The third-order valence-electron chi connectivity index (χ3n) is 14.1. The second-order valence-electron chi connectivity index (χ2n) is 24.8. The van der Waals surface area contributed by atoms with Crippen LogP contribution in [0.5, 0.6) is 23.0 Å². The Morgan fingerprint density at radius 2 is 0.600 bits per heavy atom. The van der Waals surface area contributed by atoms with E-state index in [1.807, 2.05) is 123 Å². The first-order chi connectivity index (χ1) is 37.1. The van der Waals surface area contributed by atoms with Crippen LogP contribution in [0, 0.1) is 0 Å². The lowest BCUT2D eigenvalue weighted by Gasteiger charge is -2.27. The van der Waals surface area contributed by atoms with Crippen molar-refractivity contribution in [2.24, 2.45) is 0 Å². The minimum absolute atomic E-state index is 0.0188. The Morgan fingerprint density at radius 3 is 0.850 bits per heavy atom. The first-order valence-corrected chi connectivity index (χ1v) is 32.3. The molecule has 0 unspecified atom stereocenters. The lowest BCUT2D eigenvalue weighted by molar-refractivity contribution is 0.446. The normalized spacial score (nSPS) is 13.6. The Kier molecular flexibility index (Phi) is 15.7. The molecule has 8 aromatic carbocycles. The molecule has 0 atom stereocenters. The maximum absolute atomic E-state index is 15.2. The number of anilines is 2. The molecule has 0 fully saturated rings. The number of nitrogens with zero attached hydrogens (tertiary/aromatic N) is 2. The molecule has 10 nitrogen and oxygen atoms in total. The van der Waals surface area contributed by atoms with Gasteiger partial charge >= 0.3 is 20.2 Å². The molecule has 2 N–H and O–H groups in total. The molecule has 8 aromatic rings. The molecule has 1 aliphatic heterocycles. The van der Waals surface area contributed by atoms with E-state index >= 15 is 16.8 Å². The number of hydrogen-bond donors (Lipinski definition) is 2. The van der Waals surface area contributed by atoms with Crippen molar-refractivity contribution in [1.82, 2.24) is 0 Å². The average molecular weight is 1190 g/mol. The van der Waals surface area contributed by atoms with Crippen molar-refractivity contribution in [2.75, 3.05) is 38.0 Å². The van der Waals surface area contributed by atoms with Crippen LogP contribution in [0.1, 0.15) is 105 Å². The third kappa shape index (κ3) is 11.9. The zero-order valence-electron chi connectivity index (χ0n) is 48.2. The maximum Gasteiger partial charge on any atom is 0.339 e. The molecule has 0 spiro atoms. The van der Waals surface area contributed by atoms with Crippen molar-refractivity contribution in [1.29, 1.82) is 0 Å². The molecule has 0 saturated carbocycles. The standard InChI is InChI=1S/C64H70N2O8S6/c1-61(2,3)37-29-47-57(67)48(30-37)76-52-34-40(64(10,11)12)36-54(60(52)74-80(71,72)56-28-20-22-42-44(56)24-18-26-46(42)66(15)16)78-50-32-38(62(4,5)6)31-49(58(50)68)77-53-35-39(63(7,8)9)33-51(75-47)59(53)73-79(69,70)55-27-19-21-41-43(55)23-17-25-45(41)65(13)14/h17-36,67-68H,1-16H3. The summed E-state index contributed by atoms with van der Waals surface area (Å²) in [5, 5.41) is 28.2. The van der Waals surface area contributed by atoms with Crippen molar-refractivity contribution in [3.05, 3.63) is 144 Å². The van der Waals surface area contributed by atoms with E-state index in [1.165, 1.54) is 47.0 Å². The highest BCUT2D eigenvalue weighted by Gasteiger charge is 2.34. The van der Waals surface area contributed by atoms with Crippen molar-refractivity contribution in [3.63, 3.8) is 0 Å². The molecule has 0 radical (unpaired) electrons. The predicted molar refractivity (Wildman–Crippen MR) is 333 cm³/mol. The molecule has 0 amide bonds. The maximum atomic E-state index is 15.2. The van der Waals surface area contributed by atoms with Gasteiger partial charge in [0, 0.05) is 61.1 Å². The zero-order chi connectivity index (χ0) is 58.4. The number of hydrogen-bond acceptors (Lipinski definition) is 14. The Hall–Kier alpha value is -5.62.